The number of carbonyl (C=O) groups excluding carboxylic acids is 1. The van der Waals surface area contributed by atoms with Crippen molar-refractivity contribution < 1.29 is 14.5 Å². The minimum absolute atomic E-state index is 0.0580. The number of nitro benzene ring substituents is 1. The number of rotatable bonds is 6. The molecule has 156 valence electrons. The van der Waals surface area contributed by atoms with Crippen LogP contribution in [-0.4, -0.2) is 46.7 Å². The number of hydrogen-bond acceptors (Lipinski definition) is 5. The molecule has 30 heavy (non-hydrogen) atoms. The molecule has 0 bridgehead atoms. The van der Waals surface area contributed by atoms with Gasteiger partial charge in [0.2, 0.25) is 5.91 Å². The fourth-order valence-corrected chi connectivity index (χ4v) is 4.73. The Hall–Kier alpha value is -3.00. The van der Waals surface area contributed by atoms with Crippen molar-refractivity contribution in [2.24, 2.45) is 0 Å². The second-order valence-electron chi connectivity index (χ2n) is 7.35. The average Bonchev–Trinajstić information content (AvgIpc) is 3.21. The third-order valence-electron chi connectivity index (χ3n) is 5.62. The first-order valence-corrected chi connectivity index (χ1v) is 10.8. The molecule has 1 fully saturated rings. The largest absolute Gasteiger partial charge is 0.497 e. The molecular weight excluding hydrogens is 402 g/mol. The number of ether oxygens (including phenoxy) is 1. The second kappa shape index (κ2) is 8.79. The van der Waals surface area contributed by atoms with Crippen molar-refractivity contribution in [1.82, 2.24) is 9.88 Å². The van der Waals surface area contributed by atoms with E-state index in [1.165, 1.54) is 34.8 Å². The number of aromatic amines is 1. The fourth-order valence-electron chi connectivity index (χ4n) is 3.93. The first-order chi connectivity index (χ1) is 14.5. The highest BCUT2D eigenvalue weighted by atomic mass is 32.2. The molecule has 0 atom stereocenters. The molecule has 0 unspecified atom stereocenters. The summed E-state index contributed by atoms with van der Waals surface area (Å²) >= 11 is 1.41. The van der Waals surface area contributed by atoms with Crippen molar-refractivity contribution in [2.75, 3.05) is 26.0 Å². The number of hydrogen-bond donors (Lipinski definition) is 1. The molecule has 2 heterocycles. The van der Waals surface area contributed by atoms with Gasteiger partial charge in [-0.25, -0.2) is 0 Å². The van der Waals surface area contributed by atoms with E-state index < -0.39 is 4.92 Å². The van der Waals surface area contributed by atoms with E-state index in [-0.39, 0.29) is 11.6 Å². The molecule has 8 heteroatoms. The number of amides is 1. The zero-order valence-corrected chi connectivity index (χ0v) is 17.5. The molecule has 1 aliphatic heterocycles. The van der Waals surface area contributed by atoms with Crippen LogP contribution in [0.3, 0.4) is 0 Å². The minimum Gasteiger partial charge on any atom is -0.497 e. The number of thioether (sulfide) groups is 1. The number of likely N-dealkylation sites (tertiary alicyclic amines) is 1. The zero-order chi connectivity index (χ0) is 21.1. The van der Waals surface area contributed by atoms with Crippen molar-refractivity contribution in [3.63, 3.8) is 0 Å². The Morgan fingerprint density at radius 1 is 1.23 bits per heavy atom. The predicted molar refractivity (Wildman–Crippen MR) is 117 cm³/mol. The molecule has 4 rings (SSSR count). The highest BCUT2D eigenvalue weighted by molar-refractivity contribution is 8.00. The summed E-state index contributed by atoms with van der Waals surface area (Å²) in [4.78, 5) is 29.0. The predicted octanol–water partition coefficient (Wildman–Crippen LogP) is 4.58. The number of non-ortho nitro benzene ring substituents is 1. The number of nitrogens with one attached hydrogen (secondary N) is 1. The minimum atomic E-state index is -0.423. The van der Waals surface area contributed by atoms with E-state index in [1.807, 2.05) is 17.0 Å². The fraction of sp³-hybridized carbons (Fsp3) is 0.318. The topological polar surface area (TPSA) is 88.5 Å². The maximum absolute atomic E-state index is 12.6. The van der Waals surface area contributed by atoms with E-state index >= 15 is 0 Å². The standard InChI is InChI=1S/C22H23N3O4S/c1-29-17-4-7-21-19(12-17)20(13-23-21)15-8-10-24(11-9-15)22(26)14-30-18-5-2-16(3-6-18)25(27)28/h2-7,12-13,15,23H,8-11,14H2,1H3. The van der Waals surface area contributed by atoms with Gasteiger partial charge in [-0.05, 0) is 54.7 Å². The summed E-state index contributed by atoms with van der Waals surface area (Å²) in [6.45, 7) is 1.47. The van der Waals surface area contributed by atoms with Gasteiger partial charge < -0.3 is 14.6 Å². The lowest BCUT2D eigenvalue weighted by molar-refractivity contribution is -0.384. The molecule has 0 spiro atoms. The number of methoxy groups -OCH3 is 1. The van der Waals surface area contributed by atoms with Crippen LogP contribution in [-0.2, 0) is 4.79 Å². The van der Waals surface area contributed by atoms with Crippen LogP contribution in [0, 0.1) is 10.1 Å². The van der Waals surface area contributed by atoms with Crippen LogP contribution in [0.15, 0.2) is 53.6 Å². The Morgan fingerprint density at radius 3 is 2.63 bits per heavy atom. The molecule has 1 saturated heterocycles. The van der Waals surface area contributed by atoms with Crippen LogP contribution >= 0.6 is 11.8 Å². The monoisotopic (exact) mass is 425 g/mol. The van der Waals surface area contributed by atoms with Gasteiger partial charge in [-0.2, -0.15) is 0 Å². The molecule has 0 saturated carbocycles. The smallest absolute Gasteiger partial charge is 0.269 e. The van der Waals surface area contributed by atoms with Crippen LogP contribution in [0.1, 0.15) is 24.3 Å². The van der Waals surface area contributed by atoms with E-state index in [0.717, 1.165) is 42.1 Å². The van der Waals surface area contributed by atoms with E-state index in [1.54, 1.807) is 19.2 Å². The maximum Gasteiger partial charge on any atom is 0.269 e. The summed E-state index contributed by atoms with van der Waals surface area (Å²) in [5, 5.41) is 11.9. The van der Waals surface area contributed by atoms with E-state index in [0.29, 0.717) is 11.7 Å². The Bertz CT molecular complexity index is 1060. The second-order valence-corrected chi connectivity index (χ2v) is 8.40. The van der Waals surface area contributed by atoms with Crippen LogP contribution in [0.25, 0.3) is 10.9 Å². The van der Waals surface area contributed by atoms with Gasteiger partial charge in [0.25, 0.3) is 5.69 Å². The average molecular weight is 426 g/mol. The van der Waals surface area contributed by atoms with Gasteiger partial charge >= 0.3 is 0 Å². The molecule has 1 amide bonds. The summed E-state index contributed by atoms with van der Waals surface area (Å²) in [7, 11) is 1.67. The molecular formula is C22H23N3O4S. The lowest BCUT2D eigenvalue weighted by Gasteiger charge is -2.32. The number of nitro groups is 1. The lowest BCUT2D eigenvalue weighted by atomic mass is 9.89. The Balaban J connectivity index is 1.33. The molecule has 0 radical (unpaired) electrons. The van der Waals surface area contributed by atoms with Crippen molar-refractivity contribution >= 4 is 34.3 Å². The van der Waals surface area contributed by atoms with Gasteiger partial charge in [0.15, 0.2) is 0 Å². The van der Waals surface area contributed by atoms with Gasteiger partial charge in [-0.1, -0.05) is 0 Å². The number of nitrogens with zero attached hydrogens (tertiary/aromatic N) is 2. The molecule has 3 aromatic rings. The van der Waals surface area contributed by atoms with E-state index in [9.17, 15) is 14.9 Å². The van der Waals surface area contributed by atoms with Gasteiger partial charge in [0.1, 0.15) is 5.75 Å². The number of fused-ring (bicyclic) bond motifs is 1. The van der Waals surface area contributed by atoms with Crippen LogP contribution in [0.5, 0.6) is 5.75 Å². The van der Waals surface area contributed by atoms with Crippen molar-refractivity contribution in [3.8, 4) is 5.75 Å². The highest BCUT2D eigenvalue weighted by Gasteiger charge is 2.25. The normalized spacial score (nSPS) is 14.8. The molecule has 1 aromatic heterocycles. The van der Waals surface area contributed by atoms with Crippen molar-refractivity contribution in [2.45, 2.75) is 23.7 Å². The third-order valence-corrected chi connectivity index (χ3v) is 6.62. The van der Waals surface area contributed by atoms with Crippen LogP contribution in [0.4, 0.5) is 5.69 Å². The highest BCUT2D eigenvalue weighted by Crippen LogP contribution is 2.35. The summed E-state index contributed by atoms with van der Waals surface area (Å²) in [6, 6.07) is 12.4. The first kappa shape index (κ1) is 20.3. The van der Waals surface area contributed by atoms with E-state index in [4.69, 9.17) is 4.74 Å². The summed E-state index contributed by atoms with van der Waals surface area (Å²) < 4.78 is 5.36. The summed E-state index contributed by atoms with van der Waals surface area (Å²) in [5.74, 6) is 1.71. The van der Waals surface area contributed by atoms with Crippen LogP contribution < -0.4 is 4.74 Å². The number of carbonyl (C=O) groups is 1. The SMILES string of the molecule is COc1ccc2[nH]cc(C3CCN(C(=O)CSc4ccc([N+](=O)[O-])cc4)CC3)c2c1. The summed E-state index contributed by atoms with van der Waals surface area (Å²) in [5.41, 5.74) is 2.45. The van der Waals surface area contributed by atoms with Crippen molar-refractivity contribution in [3.05, 3.63) is 64.3 Å². The Labute approximate surface area is 178 Å². The lowest BCUT2D eigenvalue weighted by Crippen LogP contribution is -2.38. The quantitative estimate of drug-likeness (QED) is 0.355. The van der Waals surface area contributed by atoms with Gasteiger partial charge in [0, 0.05) is 47.2 Å². The molecule has 0 aliphatic carbocycles. The third kappa shape index (κ3) is 4.28. The van der Waals surface area contributed by atoms with Crippen molar-refractivity contribution in [1.29, 1.82) is 0 Å². The molecule has 7 nitrogen and oxygen atoms in total. The number of H-pyrrole nitrogens is 1. The number of benzene rings is 2. The number of aromatic nitrogens is 1. The Kier molecular flexibility index (Phi) is 5.94. The van der Waals surface area contributed by atoms with Crippen LogP contribution in [0.2, 0.25) is 0 Å². The van der Waals surface area contributed by atoms with Gasteiger partial charge in [-0.15, -0.1) is 11.8 Å². The number of piperidine rings is 1. The maximum atomic E-state index is 12.6. The van der Waals surface area contributed by atoms with E-state index in [2.05, 4.69) is 17.2 Å². The molecule has 2 aromatic carbocycles. The zero-order valence-electron chi connectivity index (χ0n) is 16.7. The summed E-state index contributed by atoms with van der Waals surface area (Å²) in [6.07, 6.45) is 3.94. The molecule has 1 N–H and O–H groups in total. The molecule has 1 aliphatic rings. The first-order valence-electron chi connectivity index (χ1n) is 9.85. The van der Waals surface area contributed by atoms with Gasteiger partial charge in [-0.3, -0.25) is 14.9 Å². The Morgan fingerprint density at radius 2 is 1.97 bits per heavy atom. The van der Waals surface area contributed by atoms with Gasteiger partial charge in [0.05, 0.1) is 17.8 Å².